The van der Waals surface area contributed by atoms with Crippen LogP contribution in [0.25, 0.3) is 0 Å². The van der Waals surface area contributed by atoms with Gasteiger partial charge in [0.1, 0.15) is 0 Å². The van der Waals surface area contributed by atoms with Crippen molar-refractivity contribution in [2.24, 2.45) is 0 Å². The fourth-order valence-electron chi connectivity index (χ4n) is 7.69. The molecule has 0 aliphatic rings. The Morgan fingerprint density at radius 2 is 0.424 bits per heavy atom. The Morgan fingerprint density at radius 3 is 0.627 bits per heavy atom. The van der Waals surface area contributed by atoms with E-state index < -0.39 is 7.82 Å². The van der Waals surface area contributed by atoms with Crippen LogP contribution in [0, 0.1) is 0 Å². The van der Waals surface area contributed by atoms with Crippen molar-refractivity contribution in [3.05, 3.63) is 36.5 Å². The van der Waals surface area contributed by atoms with E-state index in [-0.39, 0.29) is 0 Å². The topological polar surface area (TPSA) is 44.8 Å². The van der Waals surface area contributed by atoms with E-state index in [9.17, 15) is 4.57 Å². The van der Waals surface area contributed by atoms with Gasteiger partial charge in [0.2, 0.25) is 0 Å². The molecule has 0 aromatic heterocycles. The van der Waals surface area contributed by atoms with Gasteiger partial charge in [0.15, 0.2) is 0 Å². The minimum absolute atomic E-state index is 0.458. The summed E-state index contributed by atoms with van der Waals surface area (Å²) >= 11 is 0. The van der Waals surface area contributed by atoms with Gasteiger partial charge < -0.3 is 0 Å². The smallest absolute Gasteiger partial charge is 0.287 e. The summed E-state index contributed by atoms with van der Waals surface area (Å²) in [6, 6.07) is 0. The van der Waals surface area contributed by atoms with Gasteiger partial charge in [-0.25, -0.2) is 4.57 Å². The van der Waals surface area contributed by atoms with Gasteiger partial charge in [0, 0.05) is 0 Å². The zero-order chi connectivity index (χ0) is 42.7. The summed E-state index contributed by atoms with van der Waals surface area (Å²) in [7, 11) is -3.51. The quantitative estimate of drug-likeness (QED) is 0.0347. The van der Waals surface area contributed by atoms with Crippen molar-refractivity contribution < 1.29 is 18.1 Å². The summed E-state index contributed by atoms with van der Waals surface area (Å²) in [6.07, 6.45) is 67.8. The van der Waals surface area contributed by atoms with Crippen molar-refractivity contribution in [2.45, 2.75) is 290 Å². The highest BCUT2D eigenvalue weighted by molar-refractivity contribution is 7.48. The van der Waals surface area contributed by atoms with E-state index in [0.717, 1.165) is 38.5 Å². The van der Waals surface area contributed by atoms with Crippen molar-refractivity contribution in [1.82, 2.24) is 0 Å². The Balaban J connectivity index is 4.18. The summed E-state index contributed by atoms with van der Waals surface area (Å²) in [6.45, 7) is 8.22. The predicted octanol–water partition coefficient (Wildman–Crippen LogP) is 20.3. The molecule has 5 heteroatoms. The summed E-state index contributed by atoms with van der Waals surface area (Å²) in [4.78, 5) is 0. The number of hydrogen-bond acceptors (Lipinski definition) is 4. The second-order valence-corrected chi connectivity index (χ2v) is 19.4. The first kappa shape index (κ1) is 58.3. The van der Waals surface area contributed by atoms with Crippen LogP contribution in [0.3, 0.4) is 0 Å². The fraction of sp³-hybridized carbons (Fsp3) is 0.889. The SMILES string of the molecule is CCCCCCCC/C=C\CCCCCCCCOP(=O)(OCCCCCCCC/C=C\CCCCCCCC)OCCCCCCCC/C=C\CCCCCCCC. The van der Waals surface area contributed by atoms with Gasteiger partial charge in [-0.05, 0) is 96.3 Å². The third kappa shape index (κ3) is 49.9. The Hall–Kier alpha value is -0.670. The summed E-state index contributed by atoms with van der Waals surface area (Å²) in [5.74, 6) is 0. The summed E-state index contributed by atoms with van der Waals surface area (Å²) in [5.41, 5.74) is 0. The lowest BCUT2D eigenvalue weighted by atomic mass is 10.1. The van der Waals surface area contributed by atoms with Crippen LogP contribution < -0.4 is 0 Å². The van der Waals surface area contributed by atoms with Gasteiger partial charge in [-0.3, -0.25) is 13.6 Å². The molecular formula is C54H105O4P. The molecule has 0 aromatic carbocycles. The maximum absolute atomic E-state index is 13.6. The highest BCUT2D eigenvalue weighted by atomic mass is 31.2. The van der Waals surface area contributed by atoms with E-state index in [1.165, 1.54) is 231 Å². The van der Waals surface area contributed by atoms with Crippen molar-refractivity contribution in [3.63, 3.8) is 0 Å². The average molecular weight is 849 g/mol. The van der Waals surface area contributed by atoms with Crippen molar-refractivity contribution in [3.8, 4) is 0 Å². The third-order valence-corrected chi connectivity index (χ3v) is 13.2. The number of phosphoric ester groups is 1. The molecule has 0 radical (unpaired) electrons. The minimum atomic E-state index is -3.51. The number of allylic oxidation sites excluding steroid dienone is 6. The first-order valence-corrected chi connectivity index (χ1v) is 28.1. The van der Waals surface area contributed by atoms with E-state index in [4.69, 9.17) is 13.6 Å². The molecule has 0 aromatic rings. The third-order valence-electron chi connectivity index (χ3n) is 11.7. The maximum atomic E-state index is 13.6. The highest BCUT2D eigenvalue weighted by Gasteiger charge is 2.26. The lowest BCUT2D eigenvalue weighted by molar-refractivity contribution is 0.108. The molecule has 0 heterocycles. The molecule has 0 unspecified atom stereocenters. The van der Waals surface area contributed by atoms with E-state index in [0.29, 0.717) is 19.8 Å². The van der Waals surface area contributed by atoms with E-state index in [1.807, 2.05) is 0 Å². The molecule has 0 N–H and O–H groups in total. The molecule has 0 bridgehead atoms. The monoisotopic (exact) mass is 849 g/mol. The average Bonchev–Trinajstić information content (AvgIpc) is 3.24. The number of phosphoric acid groups is 1. The molecule has 0 aliphatic carbocycles. The summed E-state index contributed by atoms with van der Waals surface area (Å²) in [5, 5.41) is 0. The standard InChI is InChI=1S/C54H105O4P/c1-4-7-10-13-16-19-22-25-28-31-34-37-40-43-46-49-52-56-59(55,57-53-50-47-44-41-38-35-32-29-26-23-20-17-14-11-8-5-2)58-54-51-48-45-42-39-36-33-30-27-24-21-18-15-12-9-6-3/h25-30H,4-24,31-54H2,1-3H3/b28-25-,29-26-,30-27-. The van der Waals surface area contributed by atoms with Crippen LogP contribution in [0.1, 0.15) is 290 Å². The zero-order valence-electron chi connectivity index (χ0n) is 40.4. The second kappa shape index (κ2) is 51.7. The van der Waals surface area contributed by atoms with Crippen LogP contribution >= 0.6 is 7.82 Å². The minimum Gasteiger partial charge on any atom is -0.287 e. The Labute approximate surface area is 371 Å². The van der Waals surface area contributed by atoms with E-state index >= 15 is 0 Å². The molecule has 59 heavy (non-hydrogen) atoms. The molecule has 350 valence electrons. The van der Waals surface area contributed by atoms with Crippen LogP contribution in [-0.2, 0) is 18.1 Å². The van der Waals surface area contributed by atoms with E-state index in [1.54, 1.807) is 0 Å². The van der Waals surface area contributed by atoms with Crippen LogP contribution in [0.15, 0.2) is 36.5 Å². The van der Waals surface area contributed by atoms with Crippen LogP contribution in [0.2, 0.25) is 0 Å². The zero-order valence-corrected chi connectivity index (χ0v) is 41.3. The molecule has 0 saturated heterocycles. The van der Waals surface area contributed by atoms with Crippen LogP contribution in [0.5, 0.6) is 0 Å². The lowest BCUT2D eigenvalue weighted by Crippen LogP contribution is -2.04. The van der Waals surface area contributed by atoms with Gasteiger partial charge in [0.25, 0.3) is 0 Å². The van der Waals surface area contributed by atoms with Gasteiger partial charge in [-0.1, -0.05) is 231 Å². The Kier molecular flexibility index (Phi) is 51.1. The second-order valence-electron chi connectivity index (χ2n) is 17.8. The van der Waals surface area contributed by atoms with Gasteiger partial charge in [-0.2, -0.15) is 0 Å². The maximum Gasteiger partial charge on any atom is 0.474 e. The molecule has 0 aliphatic heterocycles. The largest absolute Gasteiger partial charge is 0.474 e. The molecule has 0 rings (SSSR count). The van der Waals surface area contributed by atoms with Gasteiger partial charge >= 0.3 is 7.82 Å². The Bertz CT molecular complexity index is 800. The van der Waals surface area contributed by atoms with E-state index in [2.05, 4.69) is 57.2 Å². The van der Waals surface area contributed by atoms with Gasteiger partial charge in [0.05, 0.1) is 19.8 Å². The number of rotatable bonds is 51. The van der Waals surface area contributed by atoms with Crippen LogP contribution in [0.4, 0.5) is 0 Å². The molecular weight excluding hydrogens is 744 g/mol. The van der Waals surface area contributed by atoms with Crippen LogP contribution in [-0.4, -0.2) is 19.8 Å². The fourth-order valence-corrected chi connectivity index (χ4v) is 8.97. The van der Waals surface area contributed by atoms with Crippen molar-refractivity contribution >= 4 is 7.82 Å². The predicted molar refractivity (Wildman–Crippen MR) is 264 cm³/mol. The normalized spacial score (nSPS) is 12.4. The first-order chi connectivity index (χ1) is 29.2. The Morgan fingerprint density at radius 1 is 0.254 bits per heavy atom. The summed E-state index contributed by atoms with van der Waals surface area (Å²) < 4.78 is 31.3. The van der Waals surface area contributed by atoms with Gasteiger partial charge in [-0.15, -0.1) is 0 Å². The molecule has 0 fully saturated rings. The van der Waals surface area contributed by atoms with Crippen molar-refractivity contribution in [2.75, 3.05) is 19.8 Å². The lowest BCUT2D eigenvalue weighted by Gasteiger charge is -2.18. The molecule has 0 amide bonds. The molecule has 0 saturated carbocycles. The van der Waals surface area contributed by atoms with Crippen molar-refractivity contribution in [1.29, 1.82) is 0 Å². The number of unbranched alkanes of at least 4 members (excludes halogenated alkanes) is 36. The molecule has 4 nitrogen and oxygen atoms in total. The molecule has 0 spiro atoms. The first-order valence-electron chi connectivity index (χ1n) is 26.7. The number of hydrogen-bond donors (Lipinski definition) is 0. The highest BCUT2D eigenvalue weighted by Crippen LogP contribution is 2.50. The molecule has 0 atom stereocenters.